The molecule has 0 aliphatic carbocycles. The number of anilines is 1. The fourth-order valence-corrected chi connectivity index (χ4v) is 1.47. The van der Waals surface area contributed by atoms with E-state index in [1.807, 2.05) is 5.32 Å². The van der Waals surface area contributed by atoms with Crippen molar-refractivity contribution in [3.8, 4) is 6.07 Å². The largest absolute Gasteiger partial charge is 0.449 e. The van der Waals surface area contributed by atoms with Crippen molar-refractivity contribution in [1.82, 2.24) is 0 Å². The fourth-order valence-electron chi connectivity index (χ4n) is 1.47. The summed E-state index contributed by atoms with van der Waals surface area (Å²) in [5.41, 5.74) is -1.16. The Kier molecular flexibility index (Phi) is 3.61. The van der Waals surface area contributed by atoms with Gasteiger partial charge in [0.05, 0.1) is 6.54 Å². The second-order valence-electron chi connectivity index (χ2n) is 3.68. The predicted octanol–water partition coefficient (Wildman–Crippen LogP) is 3.46. The minimum atomic E-state index is -2.23. The van der Waals surface area contributed by atoms with Crippen molar-refractivity contribution in [1.29, 1.82) is 5.26 Å². The molecule has 104 valence electrons. The fraction of sp³-hybridized carbons (Fsp3) is 0.0833. The topological polar surface area (TPSA) is 49.0 Å². The zero-order valence-corrected chi connectivity index (χ0v) is 9.61. The molecule has 1 aromatic carbocycles. The van der Waals surface area contributed by atoms with Crippen LogP contribution < -0.4 is 5.32 Å². The molecule has 3 nitrogen and oxygen atoms in total. The molecule has 0 radical (unpaired) electrons. The van der Waals surface area contributed by atoms with E-state index in [-0.39, 0.29) is 18.1 Å². The van der Waals surface area contributed by atoms with Crippen LogP contribution in [0.1, 0.15) is 11.5 Å². The molecular weight excluding hydrogens is 283 g/mol. The minimum absolute atomic E-state index is 0.0424. The van der Waals surface area contributed by atoms with Gasteiger partial charge >= 0.3 is 0 Å². The number of rotatable bonds is 3. The Balaban J connectivity index is 2.28. The summed E-state index contributed by atoms with van der Waals surface area (Å²) < 4.78 is 70.1. The Bertz CT molecular complexity index is 676. The summed E-state index contributed by atoms with van der Waals surface area (Å²) in [7, 11) is 0. The molecule has 0 fully saturated rings. The number of nitrogens with zero attached hydrogens (tertiary/aromatic N) is 1. The van der Waals surface area contributed by atoms with Crippen LogP contribution in [0.25, 0.3) is 0 Å². The summed E-state index contributed by atoms with van der Waals surface area (Å²) in [6, 6.07) is 4.31. The van der Waals surface area contributed by atoms with Crippen molar-refractivity contribution in [2.45, 2.75) is 6.54 Å². The van der Waals surface area contributed by atoms with Crippen molar-refractivity contribution < 1.29 is 26.4 Å². The highest BCUT2D eigenvalue weighted by Crippen LogP contribution is 2.27. The lowest BCUT2D eigenvalue weighted by atomic mass is 10.2. The average Bonchev–Trinajstić information content (AvgIpc) is 2.91. The molecule has 0 spiro atoms. The number of hydrogen-bond donors (Lipinski definition) is 1. The summed E-state index contributed by atoms with van der Waals surface area (Å²) in [6.45, 7) is -0.347. The summed E-state index contributed by atoms with van der Waals surface area (Å²) in [5.74, 6) is -10.2. The number of benzene rings is 1. The minimum Gasteiger partial charge on any atom is -0.449 e. The van der Waals surface area contributed by atoms with E-state index in [0.29, 0.717) is 0 Å². The van der Waals surface area contributed by atoms with E-state index >= 15 is 0 Å². The molecule has 0 amide bonds. The monoisotopic (exact) mass is 288 g/mol. The Labute approximate surface area is 109 Å². The Morgan fingerprint density at radius 3 is 2.00 bits per heavy atom. The third-order valence-corrected chi connectivity index (χ3v) is 2.42. The first-order valence-corrected chi connectivity index (χ1v) is 5.19. The number of furan rings is 1. The summed E-state index contributed by atoms with van der Waals surface area (Å²) in [5, 5.41) is 10.5. The third kappa shape index (κ3) is 2.30. The van der Waals surface area contributed by atoms with Crippen molar-refractivity contribution in [2.24, 2.45) is 0 Å². The maximum atomic E-state index is 13.3. The van der Waals surface area contributed by atoms with Gasteiger partial charge in [-0.1, -0.05) is 0 Å². The molecule has 0 atom stereocenters. The molecule has 0 aliphatic heterocycles. The number of nitriles is 1. The van der Waals surface area contributed by atoms with Crippen LogP contribution in [0, 0.1) is 40.4 Å². The molecule has 0 aliphatic rings. The van der Waals surface area contributed by atoms with Gasteiger partial charge in [-0.05, 0) is 12.1 Å². The van der Waals surface area contributed by atoms with Gasteiger partial charge in [0.2, 0.25) is 11.6 Å². The highest BCUT2D eigenvalue weighted by molar-refractivity contribution is 5.47. The van der Waals surface area contributed by atoms with Gasteiger partial charge in [-0.2, -0.15) is 5.26 Å². The van der Waals surface area contributed by atoms with Crippen molar-refractivity contribution in [3.63, 3.8) is 0 Å². The zero-order valence-electron chi connectivity index (χ0n) is 9.61. The second kappa shape index (κ2) is 5.21. The lowest BCUT2D eigenvalue weighted by molar-refractivity contribution is 0.381. The van der Waals surface area contributed by atoms with E-state index in [0.717, 1.165) is 0 Å². The summed E-state index contributed by atoms with van der Waals surface area (Å²) in [4.78, 5) is 0. The van der Waals surface area contributed by atoms with Crippen LogP contribution in [0.3, 0.4) is 0 Å². The first-order chi connectivity index (χ1) is 9.45. The molecule has 2 aromatic rings. The highest BCUT2D eigenvalue weighted by atomic mass is 19.2. The molecule has 0 bridgehead atoms. The molecule has 0 saturated carbocycles. The van der Waals surface area contributed by atoms with Crippen molar-refractivity contribution in [2.75, 3.05) is 5.32 Å². The van der Waals surface area contributed by atoms with Gasteiger partial charge in [0, 0.05) is 0 Å². The van der Waals surface area contributed by atoms with Gasteiger partial charge in [0.1, 0.15) is 17.5 Å². The van der Waals surface area contributed by atoms with E-state index in [1.54, 1.807) is 6.07 Å². The standard InChI is InChI=1S/C12H5F5N2O/c13-7-8(14)10(16)12(11(17)9(7)15)19-4-6-2-1-5(3-18)20-6/h1-2,19H,4H2. The average molecular weight is 288 g/mol. The SMILES string of the molecule is N#Cc1ccc(CNc2c(F)c(F)c(F)c(F)c2F)o1. The van der Waals surface area contributed by atoms with Gasteiger partial charge in [0.15, 0.2) is 23.3 Å². The molecule has 20 heavy (non-hydrogen) atoms. The quantitative estimate of drug-likeness (QED) is 0.534. The van der Waals surface area contributed by atoms with Gasteiger partial charge in [-0.15, -0.1) is 0 Å². The van der Waals surface area contributed by atoms with Crippen LogP contribution in [0.5, 0.6) is 0 Å². The third-order valence-electron chi connectivity index (χ3n) is 2.42. The lowest BCUT2D eigenvalue weighted by Crippen LogP contribution is -2.09. The van der Waals surface area contributed by atoms with E-state index in [4.69, 9.17) is 9.68 Å². The molecule has 1 aromatic heterocycles. The maximum absolute atomic E-state index is 13.3. The zero-order chi connectivity index (χ0) is 14.9. The van der Waals surface area contributed by atoms with Gasteiger partial charge in [0.25, 0.3) is 0 Å². The second-order valence-corrected chi connectivity index (χ2v) is 3.68. The van der Waals surface area contributed by atoms with E-state index in [1.165, 1.54) is 12.1 Å². The molecule has 0 unspecified atom stereocenters. The van der Waals surface area contributed by atoms with Gasteiger partial charge in [-0.25, -0.2) is 22.0 Å². The maximum Gasteiger partial charge on any atom is 0.203 e. The lowest BCUT2D eigenvalue weighted by Gasteiger charge is -2.09. The van der Waals surface area contributed by atoms with Crippen LogP contribution in [0.4, 0.5) is 27.6 Å². The predicted molar refractivity (Wildman–Crippen MR) is 57.0 cm³/mol. The van der Waals surface area contributed by atoms with Crippen LogP contribution in [-0.4, -0.2) is 0 Å². The van der Waals surface area contributed by atoms with Crippen LogP contribution in [-0.2, 0) is 6.54 Å². The van der Waals surface area contributed by atoms with Crippen LogP contribution in [0.2, 0.25) is 0 Å². The van der Waals surface area contributed by atoms with E-state index in [2.05, 4.69) is 0 Å². The Hall–Kier alpha value is -2.56. The van der Waals surface area contributed by atoms with Crippen molar-refractivity contribution in [3.05, 3.63) is 52.7 Å². The van der Waals surface area contributed by atoms with Gasteiger partial charge in [-0.3, -0.25) is 0 Å². The molecule has 1 N–H and O–H groups in total. The first kappa shape index (κ1) is 13.9. The van der Waals surface area contributed by atoms with E-state index in [9.17, 15) is 22.0 Å². The number of halogens is 5. The van der Waals surface area contributed by atoms with Crippen LogP contribution in [0.15, 0.2) is 16.5 Å². The molecule has 0 saturated heterocycles. The summed E-state index contributed by atoms with van der Waals surface area (Å²) >= 11 is 0. The molecular formula is C12H5F5N2O. The Morgan fingerprint density at radius 2 is 1.50 bits per heavy atom. The first-order valence-electron chi connectivity index (χ1n) is 5.19. The van der Waals surface area contributed by atoms with Crippen molar-refractivity contribution >= 4 is 5.69 Å². The molecule has 2 rings (SSSR count). The highest BCUT2D eigenvalue weighted by Gasteiger charge is 2.25. The normalized spacial score (nSPS) is 10.4. The number of hydrogen-bond acceptors (Lipinski definition) is 3. The number of nitrogens with one attached hydrogen (secondary N) is 1. The van der Waals surface area contributed by atoms with E-state index < -0.39 is 34.8 Å². The van der Waals surface area contributed by atoms with Crippen LogP contribution >= 0.6 is 0 Å². The molecule has 8 heteroatoms. The summed E-state index contributed by atoms with van der Waals surface area (Å²) in [6.07, 6.45) is 0. The van der Waals surface area contributed by atoms with Gasteiger partial charge < -0.3 is 9.73 Å². The Morgan fingerprint density at radius 1 is 0.950 bits per heavy atom. The molecule has 1 heterocycles. The smallest absolute Gasteiger partial charge is 0.203 e.